The Bertz CT molecular complexity index is 707. The predicted octanol–water partition coefficient (Wildman–Crippen LogP) is 0.975. The van der Waals surface area contributed by atoms with E-state index in [0.717, 1.165) is 11.0 Å². The van der Waals surface area contributed by atoms with Crippen LogP contribution in [0.4, 0.5) is 0 Å². The molecule has 0 fully saturated rings. The molecule has 0 aliphatic carbocycles. The molecule has 1 aliphatic rings. The molecule has 1 heterocycles. The van der Waals surface area contributed by atoms with Crippen LogP contribution >= 0.6 is 0 Å². The van der Waals surface area contributed by atoms with Gasteiger partial charge in [0.1, 0.15) is 11.5 Å². The van der Waals surface area contributed by atoms with Crippen LogP contribution in [0.5, 0.6) is 11.5 Å². The Labute approximate surface area is 116 Å². The van der Waals surface area contributed by atoms with Crippen LogP contribution < -0.4 is 15.5 Å². The summed E-state index contributed by atoms with van der Waals surface area (Å²) in [5.74, 6) is 1.30. The smallest absolute Gasteiger partial charge is 0.457 e. The summed E-state index contributed by atoms with van der Waals surface area (Å²) in [6, 6.07) is 14.3. The van der Waals surface area contributed by atoms with E-state index in [1.807, 2.05) is 0 Å². The van der Waals surface area contributed by atoms with Gasteiger partial charge in [-0.1, -0.05) is 6.07 Å². The highest BCUT2D eigenvalue weighted by Crippen LogP contribution is 2.22. The number of nitriles is 1. The fraction of sp³-hybridized carbons (Fsp3) is 0. The first-order chi connectivity index (χ1) is 9.76. The van der Waals surface area contributed by atoms with Crippen LogP contribution in [-0.4, -0.2) is 18.3 Å². The van der Waals surface area contributed by atoms with Gasteiger partial charge in [-0.05, 0) is 47.4 Å². The molecule has 0 amide bonds. The highest BCUT2D eigenvalue weighted by atomic mass is 16.5. The Morgan fingerprint density at radius 2 is 1.90 bits per heavy atom. The van der Waals surface area contributed by atoms with Gasteiger partial charge < -0.3 is 15.1 Å². The highest BCUT2D eigenvalue weighted by Gasteiger charge is 2.21. The van der Waals surface area contributed by atoms with Crippen molar-refractivity contribution in [1.29, 1.82) is 5.26 Å². The predicted molar refractivity (Wildman–Crippen MR) is 76.0 cm³/mol. The number of hydrazone groups is 1. The average molecular weight is 263 g/mol. The van der Waals surface area contributed by atoms with Gasteiger partial charge in [0.25, 0.3) is 0 Å². The number of ether oxygens (including phenoxy) is 1. The Hall–Kier alpha value is -2.78. The first-order valence-corrected chi connectivity index (χ1v) is 6.05. The molecule has 0 spiro atoms. The second kappa shape index (κ2) is 5.07. The summed E-state index contributed by atoms with van der Waals surface area (Å²) in [5.41, 5.74) is 2.15. The fourth-order valence-corrected chi connectivity index (χ4v) is 1.96. The summed E-state index contributed by atoms with van der Waals surface area (Å²) in [4.78, 5) is 0. The molecule has 5 nitrogen and oxygen atoms in total. The molecular weight excluding hydrogens is 253 g/mol. The lowest BCUT2D eigenvalue weighted by Crippen LogP contribution is -2.46. The molecule has 1 aliphatic heterocycles. The van der Waals surface area contributed by atoms with Gasteiger partial charge in [-0.25, -0.2) is 0 Å². The standard InChI is InChI=1S/C14H10BN3O2/c16-8-10-1-3-12(4-2-10)20-13-5-6-14-11(7-13)9-17-18-15(14)19/h1-7,9,18-19H. The van der Waals surface area contributed by atoms with E-state index in [9.17, 15) is 5.02 Å². The van der Waals surface area contributed by atoms with E-state index < -0.39 is 7.05 Å². The Morgan fingerprint density at radius 1 is 1.15 bits per heavy atom. The van der Waals surface area contributed by atoms with Gasteiger partial charge in [-0.2, -0.15) is 10.4 Å². The summed E-state index contributed by atoms with van der Waals surface area (Å²) in [7, 11) is -0.793. The zero-order valence-electron chi connectivity index (χ0n) is 10.4. The molecular formula is C14H10BN3O2. The third-order valence-electron chi connectivity index (χ3n) is 2.97. The van der Waals surface area contributed by atoms with Crippen molar-refractivity contribution in [2.45, 2.75) is 0 Å². The Morgan fingerprint density at radius 3 is 2.65 bits per heavy atom. The van der Waals surface area contributed by atoms with Crippen LogP contribution in [0.1, 0.15) is 11.1 Å². The van der Waals surface area contributed by atoms with Crippen molar-refractivity contribution < 1.29 is 9.76 Å². The minimum Gasteiger partial charge on any atom is -0.457 e. The van der Waals surface area contributed by atoms with Crippen LogP contribution in [0, 0.1) is 11.3 Å². The summed E-state index contributed by atoms with van der Waals surface area (Å²) in [5, 5.41) is 24.9. The van der Waals surface area contributed by atoms with Crippen LogP contribution in [0.25, 0.3) is 0 Å². The summed E-state index contributed by atoms with van der Waals surface area (Å²) in [6.45, 7) is 0. The molecule has 96 valence electrons. The van der Waals surface area contributed by atoms with E-state index >= 15 is 0 Å². The van der Waals surface area contributed by atoms with Crippen molar-refractivity contribution in [3.05, 3.63) is 53.6 Å². The van der Waals surface area contributed by atoms with Gasteiger partial charge in [-0.15, -0.1) is 0 Å². The van der Waals surface area contributed by atoms with Gasteiger partial charge in [-0.3, -0.25) is 0 Å². The number of rotatable bonds is 2. The van der Waals surface area contributed by atoms with E-state index in [2.05, 4.69) is 16.5 Å². The largest absolute Gasteiger partial charge is 0.464 e. The minimum atomic E-state index is -0.793. The summed E-state index contributed by atoms with van der Waals surface area (Å²) in [6.07, 6.45) is 1.63. The number of benzene rings is 2. The van der Waals surface area contributed by atoms with Crippen LogP contribution in [-0.2, 0) is 0 Å². The molecule has 2 aromatic carbocycles. The number of hydrogen-bond donors (Lipinski definition) is 2. The first-order valence-electron chi connectivity index (χ1n) is 6.05. The van der Waals surface area contributed by atoms with E-state index in [-0.39, 0.29) is 0 Å². The molecule has 3 rings (SSSR count). The average Bonchev–Trinajstić information content (AvgIpc) is 2.48. The second-order valence-electron chi connectivity index (χ2n) is 4.32. The summed E-state index contributed by atoms with van der Waals surface area (Å²) < 4.78 is 5.71. The molecule has 0 atom stereocenters. The zero-order valence-corrected chi connectivity index (χ0v) is 10.4. The zero-order chi connectivity index (χ0) is 13.9. The first kappa shape index (κ1) is 12.3. The summed E-state index contributed by atoms with van der Waals surface area (Å²) >= 11 is 0. The Kier molecular flexibility index (Phi) is 3.11. The lowest BCUT2D eigenvalue weighted by molar-refractivity contribution is 0.482. The van der Waals surface area contributed by atoms with Gasteiger partial charge in [0.15, 0.2) is 0 Å². The number of fused-ring (bicyclic) bond motifs is 1. The number of nitrogens with zero attached hydrogens (tertiary/aromatic N) is 2. The van der Waals surface area contributed by atoms with Crippen molar-refractivity contribution in [2.75, 3.05) is 0 Å². The van der Waals surface area contributed by atoms with Gasteiger partial charge in [0, 0.05) is 0 Å². The van der Waals surface area contributed by atoms with Gasteiger partial charge in [0.05, 0.1) is 17.8 Å². The molecule has 6 heteroatoms. The minimum absolute atomic E-state index is 0.587. The lowest BCUT2D eigenvalue weighted by Gasteiger charge is -2.15. The SMILES string of the molecule is N#Cc1ccc(Oc2ccc3c(c2)C=NNB3O)cc1. The van der Waals surface area contributed by atoms with Crippen LogP contribution in [0.15, 0.2) is 47.6 Å². The topological polar surface area (TPSA) is 77.6 Å². The maximum atomic E-state index is 9.70. The fourth-order valence-electron chi connectivity index (χ4n) is 1.96. The quantitative estimate of drug-likeness (QED) is 0.791. The molecule has 2 N–H and O–H groups in total. The third kappa shape index (κ3) is 2.35. The Balaban J connectivity index is 1.85. The highest BCUT2D eigenvalue weighted by molar-refractivity contribution is 6.65. The molecule has 0 bridgehead atoms. The van der Waals surface area contributed by atoms with Crippen LogP contribution in [0.3, 0.4) is 0 Å². The van der Waals surface area contributed by atoms with Crippen molar-refractivity contribution >= 4 is 18.7 Å². The van der Waals surface area contributed by atoms with Crippen molar-refractivity contribution in [3.63, 3.8) is 0 Å². The molecule has 0 radical (unpaired) electrons. The van der Waals surface area contributed by atoms with Crippen molar-refractivity contribution in [3.8, 4) is 17.6 Å². The van der Waals surface area contributed by atoms with E-state index in [1.54, 1.807) is 48.7 Å². The molecule has 0 unspecified atom stereocenters. The molecule has 2 aromatic rings. The molecule has 0 saturated carbocycles. The maximum absolute atomic E-state index is 9.70. The number of nitrogens with one attached hydrogen (secondary N) is 1. The van der Waals surface area contributed by atoms with Crippen LogP contribution in [0.2, 0.25) is 0 Å². The number of hydrogen-bond acceptors (Lipinski definition) is 5. The van der Waals surface area contributed by atoms with E-state index in [1.165, 1.54) is 0 Å². The second-order valence-corrected chi connectivity index (χ2v) is 4.32. The molecule has 0 saturated heterocycles. The van der Waals surface area contributed by atoms with Gasteiger partial charge in [0.2, 0.25) is 0 Å². The molecule has 0 aromatic heterocycles. The van der Waals surface area contributed by atoms with Crippen molar-refractivity contribution in [1.82, 2.24) is 5.34 Å². The van der Waals surface area contributed by atoms with E-state index in [4.69, 9.17) is 10.00 Å². The molecule has 20 heavy (non-hydrogen) atoms. The van der Waals surface area contributed by atoms with Crippen molar-refractivity contribution in [2.24, 2.45) is 5.10 Å². The lowest BCUT2D eigenvalue weighted by atomic mass is 9.72. The monoisotopic (exact) mass is 263 g/mol. The maximum Gasteiger partial charge on any atom is 0.464 e. The van der Waals surface area contributed by atoms with E-state index in [0.29, 0.717) is 17.1 Å². The third-order valence-corrected chi connectivity index (χ3v) is 2.97. The normalized spacial score (nSPS) is 12.3. The van der Waals surface area contributed by atoms with Gasteiger partial charge >= 0.3 is 7.05 Å².